The van der Waals surface area contributed by atoms with E-state index < -0.39 is 0 Å². The van der Waals surface area contributed by atoms with E-state index in [1.807, 2.05) is 31.3 Å². The van der Waals surface area contributed by atoms with E-state index in [9.17, 15) is 0 Å². The number of benzene rings is 1. The first-order chi connectivity index (χ1) is 9.11. The minimum atomic E-state index is 0.126. The minimum Gasteiger partial charge on any atom is -0.472 e. The average molecular weight is 344 g/mol. The molecule has 2 aromatic rings. The van der Waals surface area contributed by atoms with Gasteiger partial charge in [0.05, 0.1) is 12.5 Å². The monoisotopic (exact) mass is 342 g/mol. The number of nitrogens with zero attached hydrogens (tertiary/aromatic N) is 1. The Hall–Kier alpha value is -0.810. The topological polar surface area (TPSA) is 42.4 Å². The van der Waals surface area contributed by atoms with Crippen molar-refractivity contribution >= 4 is 27.5 Å². The van der Waals surface area contributed by atoms with Crippen LogP contribution in [0.1, 0.15) is 17.2 Å². The van der Waals surface area contributed by atoms with E-state index in [-0.39, 0.29) is 6.04 Å². The molecule has 0 saturated heterocycles. The first-order valence-corrected chi connectivity index (χ1v) is 7.15. The van der Waals surface area contributed by atoms with Gasteiger partial charge in [-0.2, -0.15) is 0 Å². The highest BCUT2D eigenvalue weighted by Gasteiger charge is 2.18. The Kier molecular flexibility index (Phi) is 5.05. The summed E-state index contributed by atoms with van der Waals surface area (Å²) >= 11 is 9.52. The summed E-state index contributed by atoms with van der Waals surface area (Å²) < 4.78 is 6.07. The molecule has 3 nitrogen and oxygen atoms in total. The van der Waals surface area contributed by atoms with Crippen molar-refractivity contribution in [2.45, 2.75) is 12.6 Å². The lowest BCUT2D eigenvalue weighted by atomic mass is 10.1. The van der Waals surface area contributed by atoms with Crippen LogP contribution in [-0.4, -0.2) is 18.5 Å². The molecule has 0 bridgehead atoms. The highest BCUT2D eigenvalue weighted by Crippen LogP contribution is 2.29. The van der Waals surface area contributed by atoms with Crippen molar-refractivity contribution in [3.05, 3.63) is 57.4 Å². The lowest BCUT2D eigenvalue weighted by Gasteiger charge is -2.27. The quantitative estimate of drug-likeness (QED) is 0.897. The molecule has 1 atom stereocenters. The maximum absolute atomic E-state index is 5.97. The third-order valence-electron chi connectivity index (χ3n) is 3.09. The van der Waals surface area contributed by atoms with Crippen LogP contribution < -0.4 is 5.73 Å². The zero-order valence-electron chi connectivity index (χ0n) is 10.6. The molecule has 0 spiro atoms. The van der Waals surface area contributed by atoms with Crippen LogP contribution in [0.4, 0.5) is 0 Å². The largest absolute Gasteiger partial charge is 0.472 e. The molecule has 2 rings (SSSR count). The molecule has 0 aliphatic rings. The first kappa shape index (κ1) is 14.6. The van der Waals surface area contributed by atoms with Crippen molar-refractivity contribution in [2.24, 2.45) is 5.73 Å². The minimum absolute atomic E-state index is 0.126. The van der Waals surface area contributed by atoms with Crippen molar-refractivity contribution < 1.29 is 4.42 Å². The molecule has 0 aliphatic heterocycles. The summed E-state index contributed by atoms with van der Waals surface area (Å²) in [6.07, 6.45) is 3.43. The third kappa shape index (κ3) is 3.60. The molecule has 19 heavy (non-hydrogen) atoms. The molecule has 0 fully saturated rings. The summed E-state index contributed by atoms with van der Waals surface area (Å²) in [4.78, 5) is 2.19. The van der Waals surface area contributed by atoms with Crippen LogP contribution in [0.25, 0.3) is 0 Å². The van der Waals surface area contributed by atoms with E-state index in [4.69, 9.17) is 21.8 Å². The van der Waals surface area contributed by atoms with Gasteiger partial charge in [0.2, 0.25) is 0 Å². The predicted octanol–water partition coefficient (Wildman–Crippen LogP) is 3.83. The normalized spacial score (nSPS) is 12.9. The molecule has 2 N–H and O–H groups in total. The molecule has 1 heterocycles. The second kappa shape index (κ2) is 6.57. The molecule has 1 aromatic heterocycles. The van der Waals surface area contributed by atoms with E-state index in [0.29, 0.717) is 11.6 Å². The lowest BCUT2D eigenvalue weighted by molar-refractivity contribution is 0.240. The molecule has 1 unspecified atom stereocenters. The first-order valence-electron chi connectivity index (χ1n) is 5.98. The van der Waals surface area contributed by atoms with Crippen molar-refractivity contribution in [3.8, 4) is 0 Å². The van der Waals surface area contributed by atoms with E-state index in [1.165, 1.54) is 0 Å². The van der Waals surface area contributed by atoms with E-state index in [1.54, 1.807) is 12.5 Å². The van der Waals surface area contributed by atoms with Crippen LogP contribution in [0, 0.1) is 0 Å². The van der Waals surface area contributed by atoms with E-state index >= 15 is 0 Å². The summed E-state index contributed by atoms with van der Waals surface area (Å²) in [7, 11) is 2.05. The van der Waals surface area contributed by atoms with Crippen LogP contribution in [0.5, 0.6) is 0 Å². The van der Waals surface area contributed by atoms with Crippen LogP contribution in [0.2, 0.25) is 5.02 Å². The zero-order valence-corrected chi connectivity index (χ0v) is 13.0. The van der Waals surface area contributed by atoms with Gasteiger partial charge in [0, 0.05) is 34.2 Å². The van der Waals surface area contributed by atoms with Crippen molar-refractivity contribution in [3.63, 3.8) is 0 Å². The van der Waals surface area contributed by atoms with Gasteiger partial charge in [-0.15, -0.1) is 0 Å². The second-order valence-electron chi connectivity index (χ2n) is 4.46. The molecular weight excluding hydrogens is 328 g/mol. The Bertz CT molecular complexity index is 530. The fourth-order valence-electron chi connectivity index (χ4n) is 2.10. The van der Waals surface area contributed by atoms with Crippen molar-refractivity contribution in [1.82, 2.24) is 4.90 Å². The van der Waals surface area contributed by atoms with E-state index in [0.717, 1.165) is 22.1 Å². The Balaban J connectivity index is 2.18. The number of nitrogens with two attached hydrogens (primary N) is 1. The number of hydrogen-bond donors (Lipinski definition) is 1. The molecule has 0 aliphatic carbocycles. The average Bonchev–Trinajstić information content (AvgIpc) is 2.85. The van der Waals surface area contributed by atoms with Crippen LogP contribution >= 0.6 is 27.5 Å². The summed E-state index contributed by atoms with van der Waals surface area (Å²) in [5.74, 6) is 0. The Morgan fingerprint density at radius 1 is 1.42 bits per heavy atom. The summed E-state index contributed by atoms with van der Waals surface area (Å²) in [5.41, 5.74) is 8.19. The third-order valence-corrected chi connectivity index (χ3v) is 4.01. The summed E-state index contributed by atoms with van der Waals surface area (Å²) in [5, 5.41) is 0.712. The number of furan rings is 1. The molecule has 1 aromatic carbocycles. The lowest BCUT2D eigenvalue weighted by Crippen LogP contribution is -2.30. The standard InChI is InChI=1S/C14H16BrClN2O/c1-18(8-10-4-5-19-9-10)14(7-17)12-3-2-11(16)6-13(12)15/h2-6,9,14H,7-8,17H2,1H3. The van der Waals surface area contributed by atoms with Gasteiger partial charge in [-0.25, -0.2) is 0 Å². The fourth-order valence-corrected chi connectivity index (χ4v) is 3.04. The molecule has 0 amide bonds. The van der Waals surface area contributed by atoms with Crippen molar-refractivity contribution in [1.29, 1.82) is 0 Å². The van der Waals surface area contributed by atoms with Gasteiger partial charge in [0.15, 0.2) is 0 Å². The van der Waals surface area contributed by atoms with E-state index in [2.05, 4.69) is 20.8 Å². The molecule has 5 heteroatoms. The summed E-state index contributed by atoms with van der Waals surface area (Å²) in [6, 6.07) is 7.87. The molecular formula is C14H16BrClN2O. The summed E-state index contributed by atoms with van der Waals surface area (Å²) in [6.45, 7) is 1.32. The van der Waals surface area contributed by atoms with Gasteiger partial charge in [0.25, 0.3) is 0 Å². The van der Waals surface area contributed by atoms with Gasteiger partial charge in [-0.05, 0) is 30.8 Å². The van der Waals surface area contributed by atoms with Gasteiger partial charge < -0.3 is 10.2 Å². The maximum atomic E-state index is 5.97. The molecule has 102 valence electrons. The number of halogens is 2. The van der Waals surface area contributed by atoms with Crippen LogP contribution in [-0.2, 0) is 6.54 Å². The van der Waals surface area contributed by atoms with Gasteiger partial charge in [0.1, 0.15) is 0 Å². The Labute approximate surface area is 126 Å². The zero-order chi connectivity index (χ0) is 13.8. The predicted molar refractivity (Wildman–Crippen MR) is 81.1 cm³/mol. The smallest absolute Gasteiger partial charge is 0.0947 e. The molecule has 0 radical (unpaired) electrons. The number of likely N-dealkylation sites (N-methyl/N-ethyl adjacent to an activating group) is 1. The highest BCUT2D eigenvalue weighted by molar-refractivity contribution is 9.10. The van der Waals surface area contributed by atoms with Gasteiger partial charge in [-0.1, -0.05) is 33.6 Å². The number of hydrogen-bond acceptors (Lipinski definition) is 3. The van der Waals surface area contributed by atoms with Crippen LogP contribution in [0.3, 0.4) is 0 Å². The SMILES string of the molecule is CN(Cc1ccoc1)C(CN)c1ccc(Cl)cc1Br. The number of rotatable bonds is 5. The Morgan fingerprint density at radius 2 is 2.21 bits per heavy atom. The maximum Gasteiger partial charge on any atom is 0.0947 e. The second-order valence-corrected chi connectivity index (χ2v) is 5.75. The fraction of sp³-hybridized carbons (Fsp3) is 0.286. The van der Waals surface area contributed by atoms with Gasteiger partial charge >= 0.3 is 0 Å². The van der Waals surface area contributed by atoms with Crippen molar-refractivity contribution in [2.75, 3.05) is 13.6 Å². The Morgan fingerprint density at radius 3 is 2.79 bits per heavy atom. The van der Waals surface area contributed by atoms with Crippen LogP contribution in [0.15, 0.2) is 45.7 Å². The van der Waals surface area contributed by atoms with Gasteiger partial charge in [-0.3, -0.25) is 4.90 Å². The highest BCUT2D eigenvalue weighted by atomic mass is 79.9. The molecule has 0 saturated carbocycles.